The molecule has 0 aliphatic rings. The number of benzene rings is 3. The molecule has 0 saturated carbocycles. The fourth-order valence-electron chi connectivity index (χ4n) is 3.22. The quantitative estimate of drug-likeness (QED) is 0.239. The Balaban J connectivity index is 2.61. The van der Waals surface area contributed by atoms with Gasteiger partial charge in [0, 0.05) is 20.6 Å². The predicted molar refractivity (Wildman–Crippen MR) is 114 cm³/mol. The van der Waals surface area contributed by atoms with Crippen molar-refractivity contribution >= 4 is 56.5 Å². The zero-order chi connectivity index (χ0) is 21.6. The summed E-state index contributed by atoms with van der Waals surface area (Å²) in [5.74, 6) is -1.60. The lowest BCUT2D eigenvalue weighted by molar-refractivity contribution is 0.394. The summed E-state index contributed by atoms with van der Waals surface area (Å²) in [6, 6.07) is 11.9. The monoisotopic (exact) mass is 492 g/mol. The topological polar surface area (TPSA) is 94.8 Å². The Bertz CT molecular complexity index is 1190. The second kappa shape index (κ2) is 7.87. The van der Waals surface area contributed by atoms with Gasteiger partial charge in [0.05, 0.1) is 5.02 Å². The van der Waals surface area contributed by atoms with Gasteiger partial charge < -0.3 is 10.2 Å². The van der Waals surface area contributed by atoms with E-state index in [1.54, 1.807) is 0 Å². The van der Waals surface area contributed by atoms with E-state index >= 15 is 0 Å². The minimum absolute atomic E-state index is 0.0251. The van der Waals surface area contributed by atoms with Crippen molar-refractivity contribution in [1.29, 1.82) is 0 Å². The predicted octanol–water partition coefficient (Wildman–Crippen LogP) is 5.89. The van der Waals surface area contributed by atoms with Crippen LogP contribution in [0.5, 0.6) is 11.5 Å². The molecule has 0 bridgehead atoms. The first-order valence-corrected chi connectivity index (χ1v) is 10.8. The molecule has 0 aromatic heterocycles. The van der Waals surface area contributed by atoms with Gasteiger partial charge in [0.25, 0.3) is 10.1 Å². The first kappa shape index (κ1) is 22.0. The van der Waals surface area contributed by atoms with Crippen molar-refractivity contribution in [3.63, 3.8) is 0 Å². The van der Waals surface area contributed by atoms with Crippen molar-refractivity contribution in [3.8, 4) is 11.5 Å². The number of phenols is 2. The summed E-state index contributed by atoms with van der Waals surface area (Å²) < 4.78 is 33.9. The Morgan fingerprint density at radius 1 is 0.724 bits per heavy atom. The molecule has 1 atom stereocenters. The van der Waals surface area contributed by atoms with Gasteiger partial charge in [0.1, 0.15) is 0 Å². The van der Waals surface area contributed by atoms with E-state index in [0.717, 1.165) is 0 Å². The maximum atomic E-state index is 12.9. The van der Waals surface area contributed by atoms with Crippen molar-refractivity contribution in [2.24, 2.45) is 0 Å². The number of hydrogen-bond acceptors (Lipinski definition) is 4. The molecule has 5 nitrogen and oxygen atoms in total. The zero-order valence-electron chi connectivity index (χ0n) is 14.3. The highest BCUT2D eigenvalue weighted by atomic mass is 35.5. The molecule has 152 valence electrons. The maximum Gasteiger partial charge on any atom is 0.283 e. The first-order valence-electron chi connectivity index (χ1n) is 7.89. The average molecular weight is 494 g/mol. The third-order valence-electron chi connectivity index (χ3n) is 4.37. The van der Waals surface area contributed by atoms with Crippen LogP contribution in [0, 0.1) is 0 Å². The van der Waals surface area contributed by atoms with Gasteiger partial charge in [-0.25, -0.2) is 0 Å². The first-order chi connectivity index (χ1) is 13.5. The van der Waals surface area contributed by atoms with Gasteiger partial charge in [-0.3, -0.25) is 4.55 Å². The highest BCUT2D eigenvalue weighted by Gasteiger charge is 2.51. The second-order valence-corrected chi connectivity index (χ2v) is 9.40. The molecule has 0 fully saturated rings. The summed E-state index contributed by atoms with van der Waals surface area (Å²) in [5, 5.41) is 20.9. The van der Waals surface area contributed by atoms with Crippen LogP contribution in [0.25, 0.3) is 0 Å². The molecule has 0 spiro atoms. The van der Waals surface area contributed by atoms with Gasteiger partial charge in [-0.05, 0) is 47.5 Å². The summed E-state index contributed by atoms with van der Waals surface area (Å²) >= 11 is 24.1. The highest BCUT2D eigenvalue weighted by molar-refractivity contribution is 7.87. The Morgan fingerprint density at radius 2 is 1.31 bits per heavy atom. The molecule has 3 aromatic rings. The molecular weight excluding hydrogens is 482 g/mol. The van der Waals surface area contributed by atoms with Crippen molar-refractivity contribution in [1.82, 2.24) is 0 Å². The van der Waals surface area contributed by atoms with Crippen molar-refractivity contribution in [3.05, 3.63) is 91.4 Å². The standard InChI is InChI=1S/C19H12Cl4O5S/c20-12-3-1-2-10(6-12)19(29(26,27)28,11-7-13(21)9-14(22)8-11)15-4-5-16(23)18(25)17(15)24/h1-9,24-25H,(H,26,27,28). The molecule has 3 N–H and O–H groups in total. The van der Waals surface area contributed by atoms with Crippen molar-refractivity contribution in [2.75, 3.05) is 0 Å². The van der Waals surface area contributed by atoms with Gasteiger partial charge >= 0.3 is 0 Å². The molecule has 29 heavy (non-hydrogen) atoms. The van der Waals surface area contributed by atoms with Crippen LogP contribution in [-0.2, 0) is 14.9 Å². The van der Waals surface area contributed by atoms with E-state index in [1.165, 1.54) is 54.6 Å². The molecule has 3 aromatic carbocycles. The Labute approximate surface area is 186 Å². The lowest BCUT2D eigenvalue weighted by Gasteiger charge is -2.33. The van der Waals surface area contributed by atoms with E-state index in [-0.39, 0.29) is 36.8 Å². The molecule has 3 rings (SSSR count). The van der Waals surface area contributed by atoms with Gasteiger partial charge in [-0.1, -0.05) is 64.6 Å². The number of phenolic OH excluding ortho intramolecular Hbond substituents is 2. The smallest absolute Gasteiger partial charge is 0.283 e. The summed E-state index contributed by atoms with van der Waals surface area (Å²) in [5.41, 5.74) is -0.484. The van der Waals surface area contributed by atoms with Crippen LogP contribution in [0.1, 0.15) is 16.7 Å². The van der Waals surface area contributed by atoms with Crippen LogP contribution in [-0.4, -0.2) is 23.2 Å². The molecule has 0 heterocycles. The normalized spacial score (nSPS) is 13.8. The minimum atomic E-state index is -5.08. The maximum absolute atomic E-state index is 12.9. The third-order valence-corrected chi connectivity index (χ3v) is 6.81. The fraction of sp³-hybridized carbons (Fsp3) is 0.0526. The van der Waals surface area contributed by atoms with E-state index in [9.17, 15) is 23.2 Å². The molecule has 0 aliphatic carbocycles. The van der Waals surface area contributed by atoms with Crippen LogP contribution in [0.3, 0.4) is 0 Å². The molecule has 10 heteroatoms. The van der Waals surface area contributed by atoms with Crippen molar-refractivity contribution < 1.29 is 23.2 Å². The highest BCUT2D eigenvalue weighted by Crippen LogP contribution is 2.51. The zero-order valence-corrected chi connectivity index (χ0v) is 18.1. The van der Waals surface area contributed by atoms with Crippen molar-refractivity contribution in [2.45, 2.75) is 4.75 Å². The number of aromatic hydroxyl groups is 2. The SMILES string of the molecule is O=S(=O)(O)C(c1cccc(Cl)c1)(c1cc(Cl)cc(Cl)c1)c1ccc(Cl)c(O)c1O. The largest absolute Gasteiger partial charge is 0.504 e. The molecule has 0 radical (unpaired) electrons. The van der Waals surface area contributed by atoms with Gasteiger partial charge in [0.15, 0.2) is 16.2 Å². The summed E-state index contributed by atoms with van der Waals surface area (Å²) in [4.78, 5) is 0. The van der Waals surface area contributed by atoms with Crippen LogP contribution >= 0.6 is 46.4 Å². The molecular formula is C19H12Cl4O5S. The van der Waals surface area contributed by atoms with Gasteiger partial charge in [0.2, 0.25) is 0 Å². The van der Waals surface area contributed by atoms with Crippen LogP contribution in [0.15, 0.2) is 54.6 Å². The summed E-state index contributed by atoms with van der Waals surface area (Å²) in [6.45, 7) is 0. The van der Waals surface area contributed by atoms with E-state index in [4.69, 9.17) is 46.4 Å². The lowest BCUT2D eigenvalue weighted by Crippen LogP contribution is -2.38. The van der Waals surface area contributed by atoms with Crippen LogP contribution in [0.4, 0.5) is 0 Å². The molecule has 0 saturated heterocycles. The molecule has 1 unspecified atom stereocenters. The summed E-state index contributed by atoms with van der Waals surface area (Å²) in [7, 11) is -5.08. The molecule has 0 amide bonds. The number of hydrogen-bond donors (Lipinski definition) is 3. The fourth-order valence-corrected chi connectivity index (χ4v) is 5.37. The Hall–Kier alpha value is -1.67. The van der Waals surface area contributed by atoms with Gasteiger partial charge in [-0.15, -0.1) is 0 Å². The molecule has 0 aliphatic heterocycles. The summed E-state index contributed by atoms with van der Waals surface area (Å²) in [6.07, 6.45) is 0. The van der Waals surface area contributed by atoms with Crippen LogP contribution < -0.4 is 0 Å². The Morgan fingerprint density at radius 3 is 1.86 bits per heavy atom. The van der Waals surface area contributed by atoms with Gasteiger partial charge in [-0.2, -0.15) is 8.42 Å². The Kier molecular flexibility index (Phi) is 5.98. The third kappa shape index (κ3) is 3.77. The number of halogens is 4. The average Bonchev–Trinajstić information content (AvgIpc) is 2.60. The lowest BCUT2D eigenvalue weighted by atomic mass is 9.83. The number of rotatable bonds is 4. The van der Waals surface area contributed by atoms with Crippen LogP contribution in [0.2, 0.25) is 20.1 Å². The van der Waals surface area contributed by atoms with E-state index < -0.39 is 26.4 Å². The van der Waals surface area contributed by atoms with E-state index in [0.29, 0.717) is 0 Å². The minimum Gasteiger partial charge on any atom is -0.504 e. The second-order valence-electron chi connectivity index (χ2n) is 6.12. The van der Waals surface area contributed by atoms with E-state index in [2.05, 4.69) is 0 Å². The van der Waals surface area contributed by atoms with E-state index in [1.807, 2.05) is 0 Å².